The number of hydrogen-bond donors (Lipinski definition) is 0. The molecule has 158 valence electrons. The Kier molecular flexibility index (Phi) is 6.37. The number of thiophene rings is 2. The van der Waals surface area contributed by atoms with E-state index in [1.165, 1.54) is 14.8 Å². The number of thioether (sulfide) groups is 1. The fourth-order valence-electron chi connectivity index (χ4n) is 3.45. The topological polar surface area (TPSA) is 26.3 Å². The summed E-state index contributed by atoms with van der Waals surface area (Å²) in [7, 11) is 0. The zero-order valence-corrected chi connectivity index (χ0v) is 20.4. The molecule has 2 heterocycles. The SMILES string of the molecule is Cc1ccccc1C(=CSc1cccc2sccc12)C(=O)OSc1cccc2sccc12. The molecule has 0 bridgehead atoms. The van der Waals surface area contributed by atoms with E-state index in [9.17, 15) is 4.79 Å². The van der Waals surface area contributed by atoms with E-state index < -0.39 is 0 Å². The van der Waals surface area contributed by atoms with Crippen LogP contribution >= 0.6 is 46.5 Å². The first-order chi connectivity index (χ1) is 15.7. The number of benzene rings is 3. The van der Waals surface area contributed by atoms with Crippen molar-refractivity contribution >= 4 is 78.2 Å². The van der Waals surface area contributed by atoms with Crippen molar-refractivity contribution in [2.24, 2.45) is 0 Å². The number of carbonyl (C=O) groups is 1. The van der Waals surface area contributed by atoms with Crippen LogP contribution in [0.3, 0.4) is 0 Å². The van der Waals surface area contributed by atoms with Gasteiger partial charge in [-0.05, 0) is 70.6 Å². The summed E-state index contributed by atoms with van der Waals surface area (Å²) in [6.07, 6.45) is 0. The van der Waals surface area contributed by atoms with Crippen LogP contribution in [0.25, 0.3) is 25.7 Å². The van der Waals surface area contributed by atoms with Crippen LogP contribution in [0.2, 0.25) is 0 Å². The minimum absolute atomic E-state index is 0.346. The van der Waals surface area contributed by atoms with E-state index in [4.69, 9.17) is 4.18 Å². The van der Waals surface area contributed by atoms with E-state index in [2.05, 4.69) is 47.2 Å². The second-order valence-corrected chi connectivity index (χ2v) is 10.7. The molecule has 0 saturated heterocycles. The lowest BCUT2D eigenvalue weighted by Crippen LogP contribution is -2.04. The zero-order chi connectivity index (χ0) is 21.9. The summed E-state index contributed by atoms with van der Waals surface area (Å²) < 4.78 is 8.16. The van der Waals surface area contributed by atoms with Crippen LogP contribution in [0.4, 0.5) is 0 Å². The third-order valence-electron chi connectivity index (χ3n) is 5.08. The van der Waals surface area contributed by atoms with Crippen LogP contribution in [-0.2, 0) is 8.98 Å². The maximum absolute atomic E-state index is 13.3. The summed E-state index contributed by atoms with van der Waals surface area (Å²) in [5, 5.41) is 8.38. The monoisotopic (exact) mass is 490 g/mol. The summed E-state index contributed by atoms with van der Waals surface area (Å²) in [5.41, 5.74) is 2.48. The minimum atomic E-state index is -0.346. The molecule has 0 amide bonds. The molecule has 5 rings (SSSR count). The smallest absolute Gasteiger partial charge is 0.351 e. The van der Waals surface area contributed by atoms with Gasteiger partial charge in [-0.15, -0.1) is 22.7 Å². The lowest BCUT2D eigenvalue weighted by molar-refractivity contribution is -0.126. The van der Waals surface area contributed by atoms with Gasteiger partial charge < -0.3 is 4.18 Å². The molecule has 6 heteroatoms. The molecule has 0 radical (unpaired) electrons. The molecule has 0 aliphatic heterocycles. The van der Waals surface area contributed by atoms with Crippen molar-refractivity contribution in [3.63, 3.8) is 0 Å². The van der Waals surface area contributed by atoms with E-state index in [0.29, 0.717) is 5.57 Å². The molecule has 0 spiro atoms. The van der Waals surface area contributed by atoms with Gasteiger partial charge in [-0.25, -0.2) is 4.79 Å². The predicted octanol–water partition coefficient (Wildman–Crippen LogP) is 8.81. The highest BCUT2D eigenvalue weighted by Gasteiger charge is 2.18. The minimum Gasteiger partial charge on any atom is -0.382 e. The molecule has 0 unspecified atom stereocenters. The van der Waals surface area contributed by atoms with Crippen molar-refractivity contribution in [3.8, 4) is 0 Å². The predicted molar refractivity (Wildman–Crippen MR) is 141 cm³/mol. The van der Waals surface area contributed by atoms with Crippen molar-refractivity contribution in [1.82, 2.24) is 0 Å². The first kappa shape index (κ1) is 21.3. The van der Waals surface area contributed by atoms with E-state index in [0.717, 1.165) is 38.3 Å². The molecule has 2 nitrogen and oxygen atoms in total. The second kappa shape index (κ2) is 9.55. The van der Waals surface area contributed by atoms with E-state index >= 15 is 0 Å². The highest BCUT2D eigenvalue weighted by Crippen LogP contribution is 2.36. The van der Waals surface area contributed by atoms with Crippen molar-refractivity contribution in [3.05, 3.63) is 100 Å². The number of hydrogen-bond acceptors (Lipinski definition) is 6. The Hall–Kier alpha value is -2.51. The molecule has 2 aromatic heterocycles. The van der Waals surface area contributed by atoms with Crippen LogP contribution in [0.15, 0.2) is 98.8 Å². The summed E-state index contributed by atoms with van der Waals surface area (Å²) in [5.74, 6) is -0.346. The van der Waals surface area contributed by atoms with Crippen LogP contribution < -0.4 is 0 Å². The van der Waals surface area contributed by atoms with Gasteiger partial charge in [0, 0.05) is 25.1 Å². The Morgan fingerprint density at radius 1 is 0.812 bits per heavy atom. The first-order valence-electron chi connectivity index (χ1n) is 9.95. The molecule has 0 fully saturated rings. The molecular formula is C26H18O2S4. The third-order valence-corrected chi connectivity index (χ3v) is 8.58. The Bertz CT molecular complexity index is 1440. The second-order valence-electron chi connectivity index (χ2n) is 7.10. The number of fused-ring (bicyclic) bond motifs is 2. The zero-order valence-electron chi connectivity index (χ0n) is 17.1. The van der Waals surface area contributed by atoms with Gasteiger partial charge in [0.05, 0.1) is 22.5 Å². The van der Waals surface area contributed by atoms with Gasteiger partial charge in [-0.2, -0.15) is 0 Å². The highest BCUT2D eigenvalue weighted by molar-refractivity contribution is 8.02. The fourth-order valence-corrected chi connectivity index (χ4v) is 6.80. The normalized spacial score (nSPS) is 11.8. The first-order valence-corrected chi connectivity index (χ1v) is 13.3. The Morgan fingerprint density at radius 3 is 2.19 bits per heavy atom. The fraction of sp³-hybridized carbons (Fsp3) is 0.0385. The molecule has 32 heavy (non-hydrogen) atoms. The van der Waals surface area contributed by atoms with Gasteiger partial charge in [0.25, 0.3) is 0 Å². The molecular weight excluding hydrogens is 473 g/mol. The Morgan fingerprint density at radius 2 is 1.47 bits per heavy atom. The van der Waals surface area contributed by atoms with Crippen molar-refractivity contribution in [1.29, 1.82) is 0 Å². The van der Waals surface area contributed by atoms with Crippen LogP contribution in [0, 0.1) is 6.92 Å². The number of carbonyl (C=O) groups excluding carboxylic acids is 1. The average Bonchev–Trinajstić information content (AvgIpc) is 3.49. The van der Waals surface area contributed by atoms with Gasteiger partial charge in [0.2, 0.25) is 0 Å². The van der Waals surface area contributed by atoms with Crippen LogP contribution in [0.5, 0.6) is 0 Å². The maximum Gasteiger partial charge on any atom is 0.351 e. The largest absolute Gasteiger partial charge is 0.382 e. The average molecular weight is 491 g/mol. The number of aryl methyl sites for hydroxylation is 1. The standard InChI is InChI=1S/C26H18O2S4/c1-17-6-2-3-7-18(17)21(16-31-24-10-4-8-22-19(24)12-14-29-22)26(27)28-32-25-11-5-9-23-20(25)13-15-30-23/h2-16H,1H3. The lowest BCUT2D eigenvalue weighted by Gasteiger charge is -2.11. The molecule has 0 aliphatic rings. The molecule has 5 aromatic rings. The van der Waals surface area contributed by atoms with Gasteiger partial charge in [-0.3, -0.25) is 0 Å². The van der Waals surface area contributed by atoms with Crippen molar-refractivity contribution < 1.29 is 8.98 Å². The molecule has 3 aromatic carbocycles. The van der Waals surface area contributed by atoms with Gasteiger partial charge in [0.15, 0.2) is 0 Å². The maximum atomic E-state index is 13.3. The molecule has 0 aliphatic carbocycles. The van der Waals surface area contributed by atoms with Gasteiger partial charge in [0.1, 0.15) is 0 Å². The van der Waals surface area contributed by atoms with Crippen LogP contribution in [0.1, 0.15) is 11.1 Å². The molecule has 0 saturated carbocycles. The highest BCUT2D eigenvalue weighted by atomic mass is 32.2. The molecule has 0 N–H and O–H groups in total. The summed E-state index contributed by atoms with van der Waals surface area (Å²) in [6.45, 7) is 2.01. The van der Waals surface area contributed by atoms with E-state index in [1.54, 1.807) is 34.4 Å². The number of rotatable bonds is 6. The summed E-state index contributed by atoms with van der Waals surface area (Å²) >= 11 is 6.08. The van der Waals surface area contributed by atoms with E-state index in [-0.39, 0.29) is 5.97 Å². The lowest BCUT2D eigenvalue weighted by atomic mass is 10.0. The Balaban J connectivity index is 1.45. The van der Waals surface area contributed by atoms with E-state index in [1.807, 2.05) is 48.7 Å². The van der Waals surface area contributed by atoms with Gasteiger partial charge in [-0.1, -0.05) is 48.2 Å². The van der Waals surface area contributed by atoms with Crippen LogP contribution in [-0.4, -0.2) is 5.97 Å². The van der Waals surface area contributed by atoms with Crippen molar-refractivity contribution in [2.75, 3.05) is 0 Å². The summed E-state index contributed by atoms with van der Waals surface area (Å²) in [6, 6.07) is 24.4. The Labute approximate surface area is 203 Å². The molecule has 0 atom stereocenters. The van der Waals surface area contributed by atoms with Crippen molar-refractivity contribution in [2.45, 2.75) is 16.7 Å². The third kappa shape index (κ3) is 4.36. The summed E-state index contributed by atoms with van der Waals surface area (Å²) in [4.78, 5) is 15.3. The quantitative estimate of drug-likeness (QED) is 0.135. The van der Waals surface area contributed by atoms with Gasteiger partial charge >= 0.3 is 5.97 Å².